The molecule has 6 nitrogen and oxygen atoms in total. The van der Waals surface area contributed by atoms with E-state index in [2.05, 4.69) is 20.3 Å². The number of hydrogen-bond acceptors (Lipinski definition) is 5. The molecule has 0 atom stereocenters. The molecule has 4 aromatic rings. The molecule has 0 radical (unpaired) electrons. The Hall–Kier alpha value is -2.83. The number of hydrogen-bond donors (Lipinski definition) is 2. The van der Waals surface area contributed by atoms with Gasteiger partial charge in [0.2, 0.25) is 0 Å². The summed E-state index contributed by atoms with van der Waals surface area (Å²) in [5.41, 5.74) is 9.13. The van der Waals surface area contributed by atoms with Gasteiger partial charge in [-0.1, -0.05) is 35.3 Å². The predicted molar refractivity (Wildman–Crippen MR) is 101 cm³/mol. The van der Waals surface area contributed by atoms with Crippen LogP contribution in [0.3, 0.4) is 0 Å². The molecule has 0 unspecified atom stereocenters. The first-order valence-electron chi connectivity index (χ1n) is 7.38. The van der Waals surface area contributed by atoms with Gasteiger partial charge in [-0.3, -0.25) is 4.57 Å². The van der Waals surface area contributed by atoms with Crippen LogP contribution in [-0.4, -0.2) is 19.5 Å². The second-order valence-corrected chi connectivity index (χ2v) is 6.22. The van der Waals surface area contributed by atoms with Crippen LogP contribution in [-0.2, 0) is 0 Å². The lowest BCUT2D eigenvalue weighted by atomic mass is 10.3. The summed E-state index contributed by atoms with van der Waals surface area (Å²) in [7, 11) is 0. The summed E-state index contributed by atoms with van der Waals surface area (Å²) < 4.78 is 1.82. The van der Waals surface area contributed by atoms with Crippen LogP contribution >= 0.6 is 23.2 Å². The summed E-state index contributed by atoms with van der Waals surface area (Å²) in [6.07, 6.45) is 3.12. The molecule has 0 fully saturated rings. The van der Waals surface area contributed by atoms with Gasteiger partial charge in [0.15, 0.2) is 11.6 Å². The number of benzene rings is 2. The Labute approximate surface area is 153 Å². The molecule has 0 amide bonds. The van der Waals surface area contributed by atoms with Crippen molar-refractivity contribution in [1.82, 2.24) is 19.5 Å². The van der Waals surface area contributed by atoms with E-state index in [0.717, 1.165) is 11.0 Å². The Balaban J connectivity index is 1.78. The van der Waals surface area contributed by atoms with Gasteiger partial charge in [-0.15, -0.1) is 0 Å². The number of fused-ring (bicyclic) bond motifs is 1. The normalized spacial score (nSPS) is 11.0. The number of aromatic nitrogens is 4. The van der Waals surface area contributed by atoms with Crippen LogP contribution in [0.5, 0.6) is 0 Å². The van der Waals surface area contributed by atoms with Crippen molar-refractivity contribution in [3.8, 4) is 5.82 Å². The van der Waals surface area contributed by atoms with Crippen LogP contribution in [0.25, 0.3) is 16.9 Å². The van der Waals surface area contributed by atoms with Gasteiger partial charge < -0.3 is 11.1 Å². The van der Waals surface area contributed by atoms with E-state index in [1.54, 1.807) is 24.5 Å². The Bertz CT molecular complexity index is 1060. The average Bonchev–Trinajstić information content (AvgIpc) is 3.00. The fourth-order valence-electron chi connectivity index (χ4n) is 2.57. The summed E-state index contributed by atoms with van der Waals surface area (Å²) in [5, 5.41) is 4.16. The quantitative estimate of drug-likeness (QED) is 0.556. The van der Waals surface area contributed by atoms with Crippen molar-refractivity contribution in [2.45, 2.75) is 0 Å². The molecule has 4 rings (SSSR count). The molecule has 0 saturated heterocycles. The molecular weight excluding hydrogens is 359 g/mol. The Morgan fingerprint density at radius 3 is 2.52 bits per heavy atom. The number of nitrogen functional groups attached to an aromatic ring is 1. The van der Waals surface area contributed by atoms with Crippen molar-refractivity contribution in [2.75, 3.05) is 11.1 Å². The van der Waals surface area contributed by atoms with E-state index in [0.29, 0.717) is 33.1 Å². The van der Waals surface area contributed by atoms with Crippen LogP contribution in [0, 0.1) is 0 Å². The highest BCUT2D eigenvalue weighted by atomic mass is 35.5. The van der Waals surface area contributed by atoms with Gasteiger partial charge in [-0.25, -0.2) is 15.0 Å². The summed E-state index contributed by atoms with van der Waals surface area (Å²) in [4.78, 5) is 12.9. The van der Waals surface area contributed by atoms with E-state index < -0.39 is 0 Å². The van der Waals surface area contributed by atoms with Crippen molar-refractivity contribution >= 4 is 51.4 Å². The first kappa shape index (κ1) is 15.7. The topological polar surface area (TPSA) is 81.6 Å². The average molecular weight is 371 g/mol. The van der Waals surface area contributed by atoms with E-state index in [-0.39, 0.29) is 0 Å². The lowest BCUT2D eigenvalue weighted by molar-refractivity contribution is 1.00. The Kier molecular flexibility index (Phi) is 3.91. The second-order valence-electron chi connectivity index (χ2n) is 5.35. The van der Waals surface area contributed by atoms with Crippen LogP contribution in [0.15, 0.2) is 55.1 Å². The molecule has 0 spiro atoms. The van der Waals surface area contributed by atoms with Gasteiger partial charge >= 0.3 is 0 Å². The van der Waals surface area contributed by atoms with E-state index in [1.807, 2.05) is 28.8 Å². The third-order valence-corrected chi connectivity index (χ3v) is 4.11. The van der Waals surface area contributed by atoms with Crippen LogP contribution < -0.4 is 11.1 Å². The van der Waals surface area contributed by atoms with Crippen molar-refractivity contribution in [2.24, 2.45) is 0 Å². The zero-order valence-corrected chi connectivity index (χ0v) is 14.3. The SMILES string of the molecule is Nc1c(Nc2cc(Cl)cc(Cl)c2)ncnc1-n1cnc2ccccc21. The number of anilines is 3. The standard InChI is InChI=1S/C17H12Cl2N6/c18-10-5-11(19)7-12(6-10)24-16-15(20)17(22-8-21-16)25-9-23-13-3-1-2-4-14(13)25/h1-9H,20H2,(H,21,22,24). The van der Waals surface area contributed by atoms with E-state index in [1.165, 1.54) is 6.33 Å². The molecule has 0 aliphatic carbocycles. The van der Waals surface area contributed by atoms with E-state index in [9.17, 15) is 0 Å². The molecule has 2 aromatic carbocycles. The van der Waals surface area contributed by atoms with Crippen LogP contribution in [0.2, 0.25) is 10.0 Å². The number of rotatable bonds is 3. The lowest BCUT2D eigenvalue weighted by Gasteiger charge is -2.12. The summed E-state index contributed by atoms with van der Waals surface area (Å²) >= 11 is 12.1. The van der Waals surface area contributed by atoms with Gasteiger partial charge in [0, 0.05) is 15.7 Å². The molecule has 8 heteroatoms. The fraction of sp³-hybridized carbons (Fsp3) is 0. The van der Waals surface area contributed by atoms with Gasteiger partial charge in [-0.2, -0.15) is 0 Å². The maximum absolute atomic E-state index is 6.29. The minimum Gasteiger partial charge on any atom is -0.393 e. The summed E-state index contributed by atoms with van der Waals surface area (Å²) in [6, 6.07) is 12.9. The van der Waals surface area contributed by atoms with E-state index >= 15 is 0 Å². The van der Waals surface area contributed by atoms with E-state index in [4.69, 9.17) is 28.9 Å². The second kappa shape index (κ2) is 6.23. The third-order valence-electron chi connectivity index (χ3n) is 3.67. The van der Waals surface area contributed by atoms with Crippen LogP contribution in [0.1, 0.15) is 0 Å². The highest BCUT2D eigenvalue weighted by Crippen LogP contribution is 2.29. The first-order valence-corrected chi connectivity index (χ1v) is 8.13. The maximum atomic E-state index is 6.29. The molecule has 0 saturated carbocycles. The van der Waals surface area contributed by atoms with Crippen LogP contribution in [0.4, 0.5) is 17.2 Å². The number of nitrogens with zero attached hydrogens (tertiary/aromatic N) is 4. The minimum atomic E-state index is 0.391. The Morgan fingerprint density at radius 2 is 1.72 bits per heavy atom. The predicted octanol–water partition coefficient (Wildman–Crippen LogP) is 4.45. The molecule has 25 heavy (non-hydrogen) atoms. The number of halogens is 2. The highest BCUT2D eigenvalue weighted by molar-refractivity contribution is 6.35. The molecule has 2 heterocycles. The number of imidazole rings is 1. The number of para-hydroxylation sites is 2. The maximum Gasteiger partial charge on any atom is 0.167 e. The molecule has 124 valence electrons. The van der Waals surface area contributed by atoms with Crippen molar-refractivity contribution in [1.29, 1.82) is 0 Å². The third kappa shape index (κ3) is 2.97. The molecule has 2 aromatic heterocycles. The molecule has 0 aliphatic rings. The Morgan fingerprint density at radius 1 is 0.960 bits per heavy atom. The smallest absolute Gasteiger partial charge is 0.167 e. The minimum absolute atomic E-state index is 0.391. The number of nitrogens with one attached hydrogen (secondary N) is 1. The monoisotopic (exact) mass is 370 g/mol. The molecule has 0 aliphatic heterocycles. The summed E-state index contributed by atoms with van der Waals surface area (Å²) in [6.45, 7) is 0. The van der Waals surface area contributed by atoms with Crippen molar-refractivity contribution in [3.05, 3.63) is 65.2 Å². The van der Waals surface area contributed by atoms with Crippen molar-refractivity contribution in [3.63, 3.8) is 0 Å². The van der Waals surface area contributed by atoms with Gasteiger partial charge in [0.1, 0.15) is 18.3 Å². The van der Waals surface area contributed by atoms with Crippen molar-refractivity contribution < 1.29 is 0 Å². The van der Waals surface area contributed by atoms with Gasteiger partial charge in [0.25, 0.3) is 0 Å². The summed E-state index contributed by atoms with van der Waals surface area (Å²) in [5.74, 6) is 1.00. The van der Waals surface area contributed by atoms with Gasteiger partial charge in [0.05, 0.1) is 11.0 Å². The zero-order valence-electron chi connectivity index (χ0n) is 12.8. The zero-order chi connectivity index (χ0) is 17.4. The number of nitrogens with two attached hydrogens (primary N) is 1. The van der Waals surface area contributed by atoms with Gasteiger partial charge in [-0.05, 0) is 30.3 Å². The fourth-order valence-corrected chi connectivity index (χ4v) is 3.09. The highest BCUT2D eigenvalue weighted by Gasteiger charge is 2.13. The first-order chi connectivity index (χ1) is 12.1. The largest absolute Gasteiger partial charge is 0.393 e. The lowest BCUT2D eigenvalue weighted by Crippen LogP contribution is -2.07. The molecular formula is C17H12Cl2N6. The molecule has 3 N–H and O–H groups in total. The molecule has 0 bridgehead atoms.